The van der Waals surface area contributed by atoms with Gasteiger partial charge >= 0.3 is 18.4 Å². The molecule has 2 unspecified atom stereocenters. The van der Waals surface area contributed by atoms with Gasteiger partial charge in [0.25, 0.3) is 5.91 Å². The molecule has 11 aromatic carbocycles. The fourth-order valence-corrected chi connectivity index (χ4v) is 17.5. The van der Waals surface area contributed by atoms with E-state index < -0.39 is 17.7 Å². The number of ketones is 1. The number of amides is 5. The molecule has 5 amide bonds. The molecule has 0 radical (unpaired) electrons. The van der Waals surface area contributed by atoms with Crippen molar-refractivity contribution in [2.75, 3.05) is 57.8 Å². The summed E-state index contributed by atoms with van der Waals surface area (Å²) < 4.78 is 58.4. The number of thioether (sulfide) groups is 3. The molecule has 0 saturated carbocycles. The smallest absolute Gasteiger partial charge is 0.462 e. The van der Waals surface area contributed by atoms with Crippen LogP contribution in [0, 0.1) is 12.8 Å². The summed E-state index contributed by atoms with van der Waals surface area (Å²) in [6.45, 7) is 12.1. The van der Waals surface area contributed by atoms with Gasteiger partial charge in [-0.25, -0.2) is 24.6 Å². The van der Waals surface area contributed by atoms with Gasteiger partial charge in [-0.3, -0.25) is 39.6 Å². The Kier molecular flexibility index (Phi) is 35.4. The Labute approximate surface area is 798 Å². The number of hydrogen-bond donors (Lipinski definition) is 6. The fraction of sp³-hybridized carbons (Fsp3) is 0.188. The molecule has 3 aliphatic heterocycles. The lowest BCUT2D eigenvalue weighted by atomic mass is 9.93. The number of Topliss-reactive ketones (excluding diaryl/α,β-unsaturated/α-hetero) is 1. The van der Waals surface area contributed by atoms with Crippen LogP contribution in [0.25, 0.3) is 16.7 Å². The summed E-state index contributed by atoms with van der Waals surface area (Å²) in [5, 5.41) is 29.4. The molecule has 690 valence electrons. The van der Waals surface area contributed by atoms with Crippen molar-refractivity contribution in [1.82, 2.24) is 40.8 Å². The minimum absolute atomic E-state index is 0.00419. The van der Waals surface area contributed by atoms with Gasteiger partial charge in [-0.05, 0) is 199 Å². The fourth-order valence-electron chi connectivity index (χ4n) is 13.8. The van der Waals surface area contributed by atoms with Crippen LogP contribution in [0.1, 0.15) is 88.6 Å². The number of anilines is 4. The monoisotopic (exact) mass is 1910 g/mol. The summed E-state index contributed by atoms with van der Waals surface area (Å²) in [5.74, 6) is 3.53. The summed E-state index contributed by atoms with van der Waals surface area (Å²) in [4.78, 5) is 110. The lowest BCUT2D eigenvalue weighted by Crippen LogP contribution is -2.38. The number of nitrogens with one attached hydrogen (secondary N) is 6. The summed E-state index contributed by atoms with van der Waals surface area (Å²) in [7, 11) is 0. The molecule has 17 rings (SSSR count). The highest BCUT2D eigenvalue weighted by atomic mass is 35.5. The zero-order valence-corrected chi connectivity index (χ0v) is 77.8. The average molecular weight is 1910 g/mol. The standard InChI is InChI=1S/C25H21N7OS.C20H17F3N2O3S.C20H15N3O2.C19H23NO3S.C17H17ClN2O2S/c1-17-23(18-10-4-2-5-11-18)24(27-21-15-9-8-14-20(21)26-17)28-22(33)16-34-25-29-30-31-32(25)19-12-6-3-7-13-19;1-12-2-6-14(7-3-12)24-19-25-18(27)17(29-19)11-15(26)10-13-4-8-16(9-5-13)28-20(21,22)23;24-19(23-20-21-17-11-4-5-12-18(17)22-20)14-7-6-10-16(13-14)25-15-8-2-1-3-9-15;1-4-23-19(22)17-15(10-13(2)3)12-24-18(17)20-16(21)11-14-8-6-5-7-9-14;18-13-5-7-14(8-6-13)19-17(21)22-16-4-2-1-3-15(16)20-9-11-23-12-10-20/h2-15,23H,16H2,1H3,(H,27,28,33);2-9,17H,10-11H2,1H3,(H,24,25,27);1-13H,(H2,21,22,23,24);5-9,12-13H,4,10-11H2,1-3H3,(H,20,21);1-8H,9-12H2,(H,19,21). The molecule has 2 atom stereocenters. The molecule has 6 N–H and O–H groups in total. The van der Waals surface area contributed by atoms with Crippen molar-refractivity contribution < 1.29 is 65.7 Å². The van der Waals surface area contributed by atoms with Crippen molar-refractivity contribution in [2.45, 2.75) is 83.0 Å². The number of H-pyrrole nitrogens is 1. The number of amidine groups is 2. The number of esters is 1. The summed E-state index contributed by atoms with van der Waals surface area (Å²) in [5.41, 5.74) is 12.7. The number of halogens is 4. The molecule has 26 nitrogen and oxygen atoms in total. The van der Waals surface area contributed by atoms with E-state index in [2.05, 4.69) is 80.6 Å². The Bertz CT molecular complexity index is 6440. The number of carbonyl (C=O) groups is 7. The van der Waals surface area contributed by atoms with Crippen molar-refractivity contribution >= 4 is 167 Å². The largest absolute Gasteiger partial charge is 0.573 e. The maximum absolute atomic E-state index is 13.0. The number of aromatic nitrogens is 6. The number of hydrogen-bond acceptors (Lipinski definition) is 23. The van der Waals surface area contributed by atoms with Gasteiger partial charge in [-0.2, -0.15) is 16.4 Å². The number of tetrazole rings is 1. The molecule has 3 aliphatic rings. The van der Waals surface area contributed by atoms with E-state index in [0.29, 0.717) is 84.2 Å². The van der Waals surface area contributed by atoms with E-state index in [1.54, 1.807) is 54.1 Å². The minimum Gasteiger partial charge on any atom is -0.462 e. The summed E-state index contributed by atoms with van der Waals surface area (Å²) >= 11 is 11.6. The van der Waals surface area contributed by atoms with E-state index in [1.165, 1.54) is 47.0 Å². The highest BCUT2D eigenvalue weighted by molar-refractivity contribution is 8.15. The number of nitrogens with zero attached hydrogens (tertiary/aromatic N) is 9. The predicted molar refractivity (Wildman–Crippen MR) is 529 cm³/mol. The van der Waals surface area contributed by atoms with E-state index >= 15 is 0 Å². The molecule has 0 spiro atoms. The molecule has 6 heterocycles. The number of aliphatic imine (C=N–C) groups is 3. The maximum Gasteiger partial charge on any atom is 0.573 e. The first-order chi connectivity index (χ1) is 65.4. The first-order valence-corrected chi connectivity index (χ1v) is 47.1. The number of para-hydroxylation sites is 8. The Hall–Kier alpha value is -14.5. The van der Waals surface area contributed by atoms with Gasteiger partial charge in [0.05, 0.1) is 75.0 Å². The van der Waals surface area contributed by atoms with E-state index in [-0.39, 0.29) is 72.1 Å². The van der Waals surface area contributed by atoms with E-state index in [0.717, 1.165) is 111 Å². The molecule has 135 heavy (non-hydrogen) atoms. The Morgan fingerprint density at radius 2 is 1.30 bits per heavy atom. The molecule has 34 heteroatoms. The Balaban J connectivity index is 0.000000144. The van der Waals surface area contributed by atoms with Crippen molar-refractivity contribution in [3.05, 3.63) is 341 Å². The first kappa shape index (κ1) is 98.0. The van der Waals surface area contributed by atoms with Gasteiger partial charge in [0.15, 0.2) is 10.9 Å². The molecule has 3 aromatic heterocycles. The number of ether oxygens (including phenoxy) is 4. The van der Waals surface area contributed by atoms with Crippen LogP contribution in [-0.4, -0.2) is 137 Å². The second-order valence-electron chi connectivity index (χ2n) is 30.7. The van der Waals surface area contributed by atoms with Crippen LogP contribution in [-0.2, 0) is 43.2 Å². The second-order valence-corrected chi connectivity index (χ2v) is 35.3. The number of rotatable bonds is 25. The lowest BCUT2D eigenvalue weighted by Gasteiger charge is -2.29. The average Bonchev–Trinajstić information content (AvgIpc) is 1.68. The van der Waals surface area contributed by atoms with Crippen LogP contribution in [0.15, 0.2) is 317 Å². The van der Waals surface area contributed by atoms with Gasteiger partial charge < -0.3 is 44.8 Å². The van der Waals surface area contributed by atoms with Gasteiger partial charge in [0.2, 0.25) is 28.8 Å². The number of aryl methyl sites for hydroxylation is 1. The van der Waals surface area contributed by atoms with Gasteiger partial charge in [0, 0.05) is 59.4 Å². The number of thiophene rings is 1. The van der Waals surface area contributed by atoms with Crippen LogP contribution < -0.4 is 45.7 Å². The molecule has 14 aromatic rings. The van der Waals surface area contributed by atoms with Crippen LogP contribution >= 0.6 is 58.2 Å². The number of fused-ring (bicyclic) bond motifs is 2. The van der Waals surface area contributed by atoms with E-state index in [9.17, 15) is 46.7 Å². The van der Waals surface area contributed by atoms with E-state index in [4.69, 9.17) is 35.8 Å². The number of imidazole rings is 1. The van der Waals surface area contributed by atoms with Gasteiger partial charge in [0.1, 0.15) is 33.9 Å². The third-order valence-electron chi connectivity index (χ3n) is 19.9. The molecule has 2 fully saturated rings. The molecule has 2 saturated heterocycles. The Morgan fingerprint density at radius 1 is 0.659 bits per heavy atom. The third-order valence-corrected chi connectivity index (χ3v) is 24.1. The molecular weight excluding hydrogens is 1820 g/mol. The lowest BCUT2D eigenvalue weighted by molar-refractivity contribution is -0.274. The maximum atomic E-state index is 13.0. The summed E-state index contributed by atoms with van der Waals surface area (Å²) in [6.07, 6.45) is -4.20. The zero-order valence-electron chi connectivity index (χ0n) is 73.8. The number of benzene rings is 11. The van der Waals surface area contributed by atoms with Crippen molar-refractivity contribution in [2.24, 2.45) is 20.9 Å². The molecular formula is C101H93ClF3N15O11S4. The Morgan fingerprint density at radius 3 is 2.00 bits per heavy atom. The second kappa shape index (κ2) is 48.8. The summed E-state index contributed by atoms with van der Waals surface area (Å²) in [6, 6.07) is 87.9. The highest BCUT2D eigenvalue weighted by Gasteiger charge is 2.34. The minimum atomic E-state index is -4.76. The van der Waals surface area contributed by atoms with Gasteiger partial charge in [-0.1, -0.05) is 218 Å². The zero-order chi connectivity index (χ0) is 95.0. The SMILES string of the molecule is CC1=Nc2ccccc2N=C(NC(=O)CSc2nnnn2-c2ccccc2)C1c1ccccc1.CCOC(=O)c1c(CC(C)C)csc1NC(=O)Cc1ccccc1.Cc1ccc(N=C2NC(=O)C(CC(=O)Cc3ccc(OC(F)(F)F)cc3)S2)cc1.O=C(Nc1ccc(Cl)cc1)Oc1ccccc1N1CCSCC1.O=C(Nc1nc2ccccc2[nH]1)c1cccc(Oc2ccccc2)c1. The topological polar surface area (TPSA) is 329 Å². The van der Waals surface area contributed by atoms with Crippen LogP contribution in [0.5, 0.6) is 23.0 Å². The van der Waals surface area contributed by atoms with Crippen molar-refractivity contribution in [3.8, 4) is 28.7 Å². The normalized spacial score (nSPS) is 14.0. The highest BCUT2D eigenvalue weighted by Crippen LogP contribution is 2.37. The molecule has 0 aliphatic carbocycles. The number of alkyl halides is 3. The quantitative estimate of drug-likeness (QED) is 0.0229. The van der Waals surface area contributed by atoms with E-state index in [1.807, 2.05) is 255 Å². The number of aromatic amines is 1. The van der Waals surface area contributed by atoms with Crippen LogP contribution in [0.3, 0.4) is 0 Å². The van der Waals surface area contributed by atoms with Crippen molar-refractivity contribution in [1.29, 1.82) is 0 Å². The van der Waals surface area contributed by atoms with Crippen LogP contribution in [0.4, 0.5) is 57.4 Å². The third kappa shape index (κ3) is 30.0. The predicted octanol–water partition coefficient (Wildman–Crippen LogP) is 22.2. The van der Waals surface area contributed by atoms with Gasteiger partial charge in [-0.15, -0.1) is 29.6 Å². The first-order valence-electron chi connectivity index (χ1n) is 42.8. The van der Waals surface area contributed by atoms with Crippen molar-refractivity contribution in [3.63, 3.8) is 0 Å². The number of carbonyl (C=O) groups excluding carboxylic acids is 7. The van der Waals surface area contributed by atoms with Crippen LogP contribution in [0.2, 0.25) is 5.02 Å². The molecule has 0 bridgehead atoms.